The van der Waals surface area contributed by atoms with E-state index in [1.807, 2.05) is 12.1 Å². The van der Waals surface area contributed by atoms with Crippen LogP contribution in [0.1, 0.15) is 40.6 Å². The average Bonchev–Trinajstić information content (AvgIpc) is 2.28. The average molecular weight is 210 g/mol. The number of carbonyl (C=O) groups excluding carboxylic acids is 1. The maximum atomic E-state index is 10.5. The minimum Gasteiger partial charge on any atom is -0.352 e. The Morgan fingerprint density at radius 1 is 1.33 bits per heavy atom. The Bertz CT molecular complexity index is 263. The molecule has 15 heavy (non-hydrogen) atoms. The van der Waals surface area contributed by atoms with Gasteiger partial charge in [-0.3, -0.25) is 9.78 Å². The summed E-state index contributed by atoms with van der Waals surface area (Å²) in [5.41, 5.74) is 1.07. The summed E-state index contributed by atoms with van der Waals surface area (Å²) in [7, 11) is 0. The number of nitrogens with zero attached hydrogens (tertiary/aromatic N) is 1. The minimum atomic E-state index is -0.0122. The van der Waals surface area contributed by atoms with Gasteiger partial charge in [0.1, 0.15) is 0 Å². The second-order valence-electron chi connectivity index (χ2n) is 3.27. The van der Waals surface area contributed by atoms with Crippen LogP contribution in [0.15, 0.2) is 24.5 Å². The van der Waals surface area contributed by atoms with E-state index >= 15 is 0 Å². The second kappa shape index (κ2) is 9.19. The van der Waals surface area contributed by atoms with Gasteiger partial charge in [0.05, 0.1) is 0 Å². The molecule has 0 unspecified atom stereocenters. The van der Waals surface area contributed by atoms with E-state index in [4.69, 9.17) is 0 Å². The van der Waals surface area contributed by atoms with Crippen molar-refractivity contribution in [1.29, 1.82) is 0 Å². The molecular formula is C12H22N2O. The summed E-state index contributed by atoms with van der Waals surface area (Å²) in [6.07, 6.45) is 6.05. The summed E-state index contributed by atoms with van der Waals surface area (Å²) < 4.78 is 0. The van der Waals surface area contributed by atoms with Crippen molar-refractivity contribution in [1.82, 2.24) is 10.3 Å². The molecular weight excluding hydrogens is 188 g/mol. The SMILES string of the molecule is CC(=O)NCc1ccncc1.CCCC.[HH]. The zero-order valence-corrected chi connectivity index (χ0v) is 9.79. The molecule has 1 N–H and O–H groups in total. The third-order valence-corrected chi connectivity index (χ3v) is 1.79. The van der Waals surface area contributed by atoms with Crippen LogP contribution in [0.3, 0.4) is 0 Å². The quantitative estimate of drug-likeness (QED) is 0.833. The van der Waals surface area contributed by atoms with Crippen LogP contribution in [0.5, 0.6) is 0 Å². The third kappa shape index (κ3) is 8.94. The molecule has 1 aromatic rings. The van der Waals surface area contributed by atoms with Crippen molar-refractivity contribution in [3.63, 3.8) is 0 Å². The number of hydrogen-bond acceptors (Lipinski definition) is 2. The molecule has 1 heterocycles. The van der Waals surface area contributed by atoms with Crippen molar-refractivity contribution in [3.05, 3.63) is 30.1 Å². The number of carbonyl (C=O) groups is 1. The van der Waals surface area contributed by atoms with Crippen LogP contribution in [-0.4, -0.2) is 10.9 Å². The van der Waals surface area contributed by atoms with Gasteiger partial charge in [0, 0.05) is 27.3 Å². The van der Waals surface area contributed by atoms with Crippen LogP contribution >= 0.6 is 0 Å². The summed E-state index contributed by atoms with van der Waals surface area (Å²) in [6, 6.07) is 3.74. The number of hydrogen-bond donors (Lipinski definition) is 1. The fourth-order valence-electron chi connectivity index (χ4n) is 0.727. The van der Waals surface area contributed by atoms with Crippen LogP contribution in [0.4, 0.5) is 0 Å². The van der Waals surface area contributed by atoms with Gasteiger partial charge in [-0.1, -0.05) is 26.7 Å². The van der Waals surface area contributed by atoms with Crippen LogP contribution < -0.4 is 5.32 Å². The monoisotopic (exact) mass is 210 g/mol. The molecule has 0 aliphatic carbocycles. The number of aromatic nitrogens is 1. The molecule has 86 valence electrons. The van der Waals surface area contributed by atoms with Crippen molar-refractivity contribution >= 4 is 5.91 Å². The second-order valence-corrected chi connectivity index (χ2v) is 3.27. The van der Waals surface area contributed by atoms with Crippen molar-refractivity contribution in [3.8, 4) is 0 Å². The summed E-state index contributed by atoms with van der Waals surface area (Å²) in [6.45, 7) is 6.44. The fourth-order valence-corrected chi connectivity index (χ4v) is 0.727. The van der Waals surface area contributed by atoms with Crippen LogP contribution in [0, 0.1) is 0 Å². The molecule has 0 bridgehead atoms. The Morgan fingerprint density at radius 3 is 2.27 bits per heavy atom. The van der Waals surface area contributed by atoms with E-state index in [0.717, 1.165) is 5.56 Å². The molecule has 0 aliphatic rings. The van der Waals surface area contributed by atoms with E-state index in [9.17, 15) is 4.79 Å². The Morgan fingerprint density at radius 2 is 1.87 bits per heavy atom. The van der Waals surface area contributed by atoms with E-state index in [1.165, 1.54) is 19.8 Å². The molecule has 0 radical (unpaired) electrons. The highest BCUT2D eigenvalue weighted by atomic mass is 16.1. The summed E-state index contributed by atoms with van der Waals surface area (Å²) >= 11 is 0. The third-order valence-electron chi connectivity index (χ3n) is 1.79. The molecule has 0 atom stereocenters. The Balaban J connectivity index is 0. The molecule has 0 saturated heterocycles. The van der Waals surface area contributed by atoms with Gasteiger partial charge in [0.25, 0.3) is 0 Å². The first-order valence-electron chi connectivity index (χ1n) is 5.34. The van der Waals surface area contributed by atoms with Crippen LogP contribution in [0.2, 0.25) is 0 Å². The minimum absolute atomic E-state index is 0. The number of pyridine rings is 1. The van der Waals surface area contributed by atoms with E-state index in [1.54, 1.807) is 12.4 Å². The standard InChI is InChI=1S/C8H10N2O.C4H10.H2/c1-7(11)10-6-8-2-4-9-5-3-8;1-3-4-2;/h2-5H,6H2,1H3,(H,10,11);3-4H2,1-2H3;1H. The summed E-state index contributed by atoms with van der Waals surface area (Å²) in [4.78, 5) is 14.4. The predicted molar refractivity (Wildman–Crippen MR) is 64.5 cm³/mol. The summed E-state index contributed by atoms with van der Waals surface area (Å²) in [5, 5.41) is 2.70. The molecule has 1 rings (SSSR count). The molecule has 1 aromatic heterocycles. The Labute approximate surface area is 93.4 Å². The van der Waals surface area contributed by atoms with Crippen molar-refractivity contribution < 1.29 is 6.22 Å². The highest BCUT2D eigenvalue weighted by Gasteiger charge is 1.91. The van der Waals surface area contributed by atoms with Gasteiger partial charge in [-0.05, 0) is 17.7 Å². The van der Waals surface area contributed by atoms with Gasteiger partial charge >= 0.3 is 0 Å². The van der Waals surface area contributed by atoms with Crippen LogP contribution in [-0.2, 0) is 11.3 Å². The van der Waals surface area contributed by atoms with Gasteiger partial charge < -0.3 is 5.32 Å². The van der Waals surface area contributed by atoms with Crippen molar-refractivity contribution in [2.75, 3.05) is 0 Å². The Kier molecular flexibility index (Phi) is 8.34. The highest BCUT2D eigenvalue weighted by molar-refractivity contribution is 5.72. The van der Waals surface area contributed by atoms with Crippen molar-refractivity contribution in [2.24, 2.45) is 0 Å². The van der Waals surface area contributed by atoms with E-state index in [2.05, 4.69) is 24.1 Å². The number of unbranched alkanes of at least 4 members (excludes halogenated alkanes) is 1. The van der Waals surface area contributed by atoms with Gasteiger partial charge in [-0.15, -0.1) is 0 Å². The molecule has 0 saturated carbocycles. The zero-order valence-electron chi connectivity index (χ0n) is 9.79. The Hall–Kier alpha value is -1.38. The maximum Gasteiger partial charge on any atom is 0.217 e. The zero-order chi connectivity index (χ0) is 11.5. The lowest BCUT2D eigenvalue weighted by molar-refractivity contribution is -0.119. The number of nitrogens with one attached hydrogen (secondary N) is 1. The largest absolute Gasteiger partial charge is 0.352 e. The highest BCUT2D eigenvalue weighted by Crippen LogP contribution is 1.93. The van der Waals surface area contributed by atoms with Gasteiger partial charge in [0.2, 0.25) is 5.91 Å². The smallest absolute Gasteiger partial charge is 0.217 e. The molecule has 3 heteroatoms. The topological polar surface area (TPSA) is 42.0 Å². The summed E-state index contributed by atoms with van der Waals surface area (Å²) in [5.74, 6) is -0.0122. The lowest BCUT2D eigenvalue weighted by atomic mass is 10.3. The maximum absolute atomic E-state index is 10.5. The lowest BCUT2D eigenvalue weighted by Gasteiger charge is -1.99. The number of rotatable bonds is 3. The van der Waals surface area contributed by atoms with E-state index in [0.29, 0.717) is 6.54 Å². The van der Waals surface area contributed by atoms with Gasteiger partial charge in [-0.2, -0.15) is 0 Å². The molecule has 1 amide bonds. The van der Waals surface area contributed by atoms with Crippen molar-refractivity contribution in [2.45, 2.75) is 40.2 Å². The van der Waals surface area contributed by atoms with Gasteiger partial charge in [0.15, 0.2) is 0 Å². The first-order valence-corrected chi connectivity index (χ1v) is 5.34. The first-order chi connectivity index (χ1) is 7.20. The molecule has 0 aromatic carbocycles. The molecule has 0 spiro atoms. The van der Waals surface area contributed by atoms with Gasteiger partial charge in [-0.25, -0.2) is 0 Å². The lowest BCUT2D eigenvalue weighted by Crippen LogP contribution is -2.18. The molecule has 0 fully saturated rings. The first kappa shape index (κ1) is 13.6. The molecule has 3 nitrogen and oxygen atoms in total. The van der Waals surface area contributed by atoms with Crippen LogP contribution in [0.25, 0.3) is 0 Å². The fraction of sp³-hybridized carbons (Fsp3) is 0.500. The van der Waals surface area contributed by atoms with E-state index < -0.39 is 0 Å². The molecule has 0 aliphatic heterocycles. The number of amides is 1. The normalized spacial score (nSPS) is 8.73. The predicted octanol–water partition coefficient (Wildman–Crippen LogP) is 2.77. The van der Waals surface area contributed by atoms with E-state index in [-0.39, 0.29) is 7.33 Å².